The topological polar surface area (TPSA) is 28.2 Å². The molecule has 1 fully saturated rings. The van der Waals surface area contributed by atoms with E-state index in [9.17, 15) is 0 Å². The highest BCUT2D eigenvalue weighted by atomic mass is 15.2. The van der Waals surface area contributed by atoms with Crippen LogP contribution in [0.15, 0.2) is 42.6 Å². The Morgan fingerprint density at radius 3 is 2.64 bits per heavy atom. The molecule has 22 heavy (non-hydrogen) atoms. The summed E-state index contributed by atoms with van der Waals surface area (Å²) in [6.07, 6.45) is 2.87. The SMILES string of the molecule is Cc1ccc(C(Cc2ccccn2)N2CCNCC2)c(C)c1. The second-order valence-corrected chi connectivity index (χ2v) is 6.19. The average molecular weight is 295 g/mol. The number of benzene rings is 1. The molecule has 0 bridgehead atoms. The van der Waals surface area contributed by atoms with Crippen molar-refractivity contribution in [1.82, 2.24) is 15.2 Å². The van der Waals surface area contributed by atoms with Crippen molar-refractivity contribution in [3.63, 3.8) is 0 Å². The normalized spacial score (nSPS) is 17.4. The summed E-state index contributed by atoms with van der Waals surface area (Å²) in [5.74, 6) is 0. The summed E-state index contributed by atoms with van der Waals surface area (Å²) in [5.41, 5.74) is 5.33. The van der Waals surface area contributed by atoms with Crippen LogP contribution in [0.4, 0.5) is 0 Å². The molecule has 3 nitrogen and oxygen atoms in total. The van der Waals surface area contributed by atoms with Crippen LogP contribution in [0.1, 0.15) is 28.4 Å². The predicted molar refractivity (Wildman–Crippen MR) is 91.0 cm³/mol. The van der Waals surface area contributed by atoms with Crippen molar-refractivity contribution in [2.75, 3.05) is 26.2 Å². The van der Waals surface area contributed by atoms with Gasteiger partial charge in [0.05, 0.1) is 0 Å². The van der Waals surface area contributed by atoms with Crippen LogP contribution in [0.25, 0.3) is 0 Å². The van der Waals surface area contributed by atoms with Crippen LogP contribution in [-0.2, 0) is 6.42 Å². The lowest BCUT2D eigenvalue weighted by Crippen LogP contribution is -2.45. The highest BCUT2D eigenvalue weighted by molar-refractivity contribution is 5.33. The zero-order valence-electron chi connectivity index (χ0n) is 13.5. The third-order valence-electron chi connectivity index (χ3n) is 4.51. The van der Waals surface area contributed by atoms with Gasteiger partial charge in [0.15, 0.2) is 0 Å². The molecule has 0 saturated carbocycles. The van der Waals surface area contributed by atoms with Crippen molar-refractivity contribution in [1.29, 1.82) is 0 Å². The number of hydrogen-bond acceptors (Lipinski definition) is 3. The van der Waals surface area contributed by atoms with Gasteiger partial charge in [0.2, 0.25) is 0 Å². The molecular formula is C19H25N3. The summed E-state index contributed by atoms with van der Waals surface area (Å²) in [6, 6.07) is 13.5. The summed E-state index contributed by atoms with van der Waals surface area (Å²) >= 11 is 0. The van der Waals surface area contributed by atoms with Gasteiger partial charge in [0.25, 0.3) is 0 Å². The average Bonchev–Trinajstić information content (AvgIpc) is 2.55. The van der Waals surface area contributed by atoms with Crippen molar-refractivity contribution >= 4 is 0 Å². The highest BCUT2D eigenvalue weighted by Crippen LogP contribution is 2.28. The van der Waals surface area contributed by atoms with Crippen LogP contribution in [0.5, 0.6) is 0 Å². The summed E-state index contributed by atoms with van der Waals surface area (Å²) in [5, 5.41) is 3.45. The van der Waals surface area contributed by atoms with Gasteiger partial charge in [-0.2, -0.15) is 0 Å². The minimum absolute atomic E-state index is 0.414. The van der Waals surface area contributed by atoms with E-state index in [1.807, 2.05) is 12.3 Å². The Bertz CT molecular complexity index is 603. The molecule has 1 aliphatic heterocycles. The lowest BCUT2D eigenvalue weighted by molar-refractivity contribution is 0.171. The van der Waals surface area contributed by atoms with Gasteiger partial charge in [-0.3, -0.25) is 9.88 Å². The Balaban J connectivity index is 1.91. The molecule has 0 radical (unpaired) electrons. The third-order valence-corrected chi connectivity index (χ3v) is 4.51. The molecule has 116 valence electrons. The fourth-order valence-electron chi connectivity index (χ4n) is 3.35. The number of hydrogen-bond donors (Lipinski definition) is 1. The van der Waals surface area contributed by atoms with Crippen LogP contribution in [0.2, 0.25) is 0 Å². The fraction of sp³-hybridized carbons (Fsp3) is 0.421. The number of rotatable bonds is 4. The molecule has 0 aliphatic carbocycles. The van der Waals surface area contributed by atoms with Crippen LogP contribution in [-0.4, -0.2) is 36.1 Å². The largest absolute Gasteiger partial charge is 0.314 e. The minimum Gasteiger partial charge on any atom is -0.314 e. The lowest BCUT2D eigenvalue weighted by atomic mass is 9.94. The van der Waals surface area contributed by atoms with Crippen molar-refractivity contribution < 1.29 is 0 Å². The van der Waals surface area contributed by atoms with E-state index in [-0.39, 0.29) is 0 Å². The summed E-state index contributed by atoms with van der Waals surface area (Å²) in [4.78, 5) is 7.14. The number of pyridine rings is 1. The van der Waals surface area contributed by atoms with Gasteiger partial charge in [-0.25, -0.2) is 0 Å². The highest BCUT2D eigenvalue weighted by Gasteiger charge is 2.24. The van der Waals surface area contributed by atoms with Gasteiger partial charge < -0.3 is 5.32 Å². The number of nitrogens with one attached hydrogen (secondary N) is 1. The molecule has 1 atom stereocenters. The van der Waals surface area contributed by atoms with Gasteiger partial charge in [0.1, 0.15) is 0 Å². The second-order valence-electron chi connectivity index (χ2n) is 6.19. The first-order valence-corrected chi connectivity index (χ1v) is 8.16. The second kappa shape index (κ2) is 7.03. The molecule has 1 unspecified atom stereocenters. The Hall–Kier alpha value is -1.71. The number of aromatic nitrogens is 1. The zero-order valence-corrected chi connectivity index (χ0v) is 13.5. The predicted octanol–water partition coefficient (Wildman–Crippen LogP) is 2.89. The quantitative estimate of drug-likeness (QED) is 0.940. The van der Waals surface area contributed by atoms with E-state index in [2.05, 4.69) is 59.4 Å². The van der Waals surface area contributed by atoms with E-state index >= 15 is 0 Å². The van der Waals surface area contributed by atoms with Crippen molar-refractivity contribution in [2.45, 2.75) is 26.3 Å². The zero-order chi connectivity index (χ0) is 15.4. The van der Waals surface area contributed by atoms with Gasteiger partial charge in [0, 0.05) is 50.5 Å². The summed E-state index contributed by atoms with van der Waals surface area (Å²) in [7, 11) is 0. The van der Waals surface area contributed by atoms with E-state index in [4.69, 9.17) is 0 Å². The molecule has 1 aromatic carbocycles. The summed E-state index contributed by atoms with van der Waals surface area (Å²) < 4.78 is 0. The van der Waals surface area contributed by atoms with E-state index < -0.39 is 0 Å². The van der Waals surface area contributed by atoms with Gasteiger partial charge >= 0.3 is 0 Å². The fourth-order valence-corrected chi connectivity index (χ4v) is 3.35. The number of piperazine rings is 1. The molecule has 1 N–H and O–H groups in total. The molecule has 1 aromatic heterocycles. The molecule has 0 amide bonds. The van der Waals surface area contributed by atoms with Crippen molar-refractivity contribution in [3.8, 4) is 0 Å². The molecule has 1 saturated heterocycles. The molecule has 3 rings (SSSR count). The molecule has 2 heterocycles. The minimum atomic E-state index is 0.414. The lowest BCUT2D eigenvalue weighted by Gasteiger charge is -2.36. The molecule has 2 aromatic rings. The Labute approximate surface area is 133 Å². The van der Waals surface area contributed by atoms with Gasteiger partial charge in [-0.1, -0.05) is 29.8 Å². The molecule has 0 spiro atoms. The Kier molecular flexibility index (Phi) is 4.86. The van der Waals surface area contributed by atoms with E-state index in [0.29, 0.717) is 6.04 Å². The first-order valence-electron chi connectivity index (χ1n) is 8.16. The first-order chi connectivity index (χ1) is 10.7. The summed E-state index contributed by atoms with van der Waals surface area (Å²) in [6.45, 7) is 8.74. The molecule has 3 heteroatoms. The van der Waals surface area contributed by atoms with Crippen LogP contribution < -0.4 is 5.32 Å². The number of nitrogens with zero attached hydrogens (tertiary/aromatic N) is 2. The molecule has 1 aliphatic rings. The maximum Gasteiger partial charge on any atom is 0.0422 e. The van der Waals surface area contributed by atoms with Crippen LogP contribution >= 0.6 is 0 Å². The smallest absolute Gasteiger partial charge is 0.0422 e. The van der Waals surface area contributed by atoms with Crippen LogP contribution in [0.3, 0.4) is 0 Å². The van der Waals surface area contributed by atoms with E-state index in [1.165, 1.54) is 22.4 Å². The number of aryl methyl sites for hydroxylation is 2. The van der Waals surface area contributed by atoms with Crippen molar-refractivity contribution in [3.05, 3.63) is 65.0 Å². The van der Waals surface area contributed by atoms with E-state index in [1.54, 1.807) is 0 Å². The van der Waals surface area contributed by atoms with Gasteiger partial charge in [-0.15, -0.1) is 0 Å². The monoisotopic (exact) mass is 295 g/mol. The van der Waals surface area contributed by atoms with Crippen molar-refractivity contribution in [2.24, 2.45) is 0 Å². The maximum atomic E-state index is 4.54. The Morgan fingerprint density at radius 1 is 1.14 bits per heavy atom. The van der Waals surface area contributed by atoms with Gasteiger partial charge in [-0.05, 0) is 37.1 Å². The Morgan fingerprint density at radius 2 is 1.95 bits per heavy atom. The third kappa shape index (κ3) is 3.54. The standard InChI is InChI=1S/C19H25N3/c1-15-6-7-18(16(2)13-15)19(22-11-9-20-10-12-22)14-17-5-3-4-8-21-17/h3-8,13,19-20H,9-12,14H2,1-2H3. The first kappa shape index (κ1) is 15.2. The van der Waals surface area contributed by atoms with E-state index in [0.717, 1.165) is 32.6 Å². The van der Waals surface area contributed by atoms with Crippen LogP contribution in [0, 0.1) is 13.8 Å². The molecular weight excluding hydrogens is 270 g/mol. The maximum absolute atomic E-state index is 4.54.